The van der Waals surface area contributed by atoms with Crippen LogP contribution in [0.2, 0.25) is 0 Å². The van der Waals surface area contributed by atoms with Gasteiger partial charge in [0.1, 0.15) is 24.6 Å². The minimum Gasteiger partial charge on any atom is -0.225 e. The second kappa shape index (κ2) is 9.31. The first-order valence-electron chi connectivity index (χ1n) is 14.6. The first kappa shape index (κ1) is 23.0. The van der Waals surface area contributed by atoms with Gasteiger partial charge < -0.3 is 0 Å². The minimum atomic E-state index is 0.565. The molecule has 3 aromatic carbocycles. The van der Waals surface area contributed by atoms with Gasteiger partial charge in [-0.05, 0) is 78.3 Å². The van der Waals surface area contributed by atoms with Crippen molar-refractivity contribution in [2.75, 3.05) is 0 Å². The lowest BCUT2D eigenvalue weighted by Crippen LogP contribution is -2.30. The van der Waals surface area contributed by atoms with Gasteiger partial charge in [0.2, 0.25) is 0 Å². The third-order valence-corrected chi connectivity index (χ3v) is 9.41. The van der Waals surface area contributed by atoms with Gasteiger partial charge >= 0.3 is 0 Å². The van der Waals surface area contributed by atoms with Crippen LogP contribution in [0.25, 0.3) is 28.2 Å². The zero-order chi connectivity index (χ0) is 24.9. The number of nitrogens with zero attached hydrogens (tertiary/aromatic N) is 2. The minimum absolute atomic E-state index is 0.565. The van der Waals surface area contributed by atoms with Gasteiger partial charge in [-0.2, -0.15) is 4.57 Å². The molecular weight excluding hydrogens is 448 g/mol. The summed E-state index contributed by atoms with van der Waals surface area (Å²) in [6.45, 7) is 5.55. The maximum absolute atomic E-state index is 2.58. The Morgan fingerprint density at radius 1 is 0.757 bits per heavy atom. The number of hydrogen-bond donors (Lipinski definition) is 0. The van der Waals surface area contributed by atoms with Crippen molar-refractivity contribution in [2.45, 2.75) is 89.5 Å². The van der Waals surface area contributed by atoms with E-state index < -0.39 is 0 Å². The molecule has 0 spiro atoms. The summed E-state index contributed by atoms with van der Waals surface area (Å²) in [6.07, 6.45) is 15.4. The third kappa shape index (κ3) is 3.97. The molecule has 0 N–H and O–H groups in total. The molecule has 37 heavy (non-hydrogen) atoms. The molecule has 0 amide bonds. The fourth-order valence-corrected chi connectivity index (χ4v) is 7.36. The van der Waals surface area contributed by atoms with Crippen LogP contribution in [-0.4, -0.2) is 4.57 Å². The zero-order valence-corrected chi connectivity index (χ0v) is 22.4. The quantitative estimate of drug-likeness (QED) is 0.219. The Kier molecular flexibility index (Phi) is 5.80. The van der Waals surface area contributed by atoms with Gasteiger partial charge in [-0.25, -0.2) is 4.57 Å². The highest BCUT2D eigenvalue weighted by Crippen LogP contribution is 2.46. The highest BCUT2D eigenvalue weighted by molar-refractivity contribution is 5.72. The van der Waals surface area contributed by atoms with E-state index in [2.05, 4.69) is 96.0 Å². The molecule has 1 aromatic heterocycles. The molecule has 188 valence electrons. The molecule has 2 saturated carbocycles. The number of aromatic nitrogens is 2. The number of fused-ring (bicyclic) bond motifs is 3. The molecule has 0 saturated heterocycles. The van der Waals surface area contributed by atoms with Crippen LogP contribution in [0.5, 0.6) is 0 Å². The van der Waals surface area contributed by atoms with Gasteiger partial charge in [-0.3, -0.25) is 0 Å². The smallest absolute Gasteiger partial charge is 0.225 e. The third-order valence-electron chi connectivity index (χ3n) is 9.41. The summed E-state index contributed by atoms with van der Waals surface area (Å²) in [6, 6.07) is 23.6. The molecule has 0 atom stereocenters. The monoisotopic (exact) mass is 487 g/mol. The van der Waals surface area contributed by atoms with Crippen LogP contribution in [0.15, 0.2) is 73.1 Å². The average Bonchev–Trinajstić information content (AvgIpc) is 3.73. The van der Waals surface area contributed by atoms with Crippen LogP contribution < -0.4 is 4.57 Å². The standard InChI is InChI=1S/C35H39N2/c1-24(2)25-15-17-26(18-16-25)30-21-32(27-9-3-4-10-27)34(33(22-30)28-11-5-6-12-28)37-20-19-36-23-29-13-7-8-14-31(29)35(36)37/h7-8,13-22,24,27-28H,3-6,9-12,23H2,1-2H3/q+1. The second-order valence-corrected chi connectivity index (χ2v) is 12.0. The van der Waals surface area contributed by atoms with Gasteiger partial charge in [-0.15, -0.1) is 0 Å². The molecule has 2 fully saturated rings. The van der Waals surface area contributed by atoms with Crippen molar-refractivity contribution in [3.8, 4) is 28.2 Å². The second-order valence-electron chi connectivity index (χ2n) is 12.0. The van der Waals surface area contributed by atoms with Crippen molar-refractivity contribution >= 4 is 0 Å². The van der Waals surface area contributed by atoms with E-state index in [9.17, 15) is 0 Å². The first-order chi connectivity index (χ1) is 18.2. The summed E-state index contributed by atoms with van der Waals surface area (Å²) in [5.74, 6) is 3.24. The van der Waals surface area contributed by atoms with Crippen LogP contribution in [0.4, 0.5) is 0 Å². The van der Waals surface area contributed by atoms with Gasteiger partial charge in [-0.1, -0.05) is 82.0 Å². The fraction of sp³-hybridized carbons (Fsp3) is 0.400. The molecule has 1 aliphatic heterocycles. The van der Waals surface area contributed by atoms with Crippen LogP contribution in [-0.2, 0) is 6.54 Å². The van der Waals surface area contributed by atoms with Crippen molar-refractivity contribution in [2.24, 2.45) is 0 Å². The van der Waals surface area contributed by atoms with Gasteiger partial charge in [0.25, 0.3) is 5.82 Å². The summed E-state index contributed by atoms with van der Waals surface area (Å²) in [5, 5.41) is 0. The molecule has 2 heteroatoms. The lowest BCUT2D eigenvalue weighted by atomic mass is 9.84. The van der Waals surface area contributed by atoms with E-state index >= 15 is 0 Å². The molecule has 0 radical (unpaired) electrons. The van der Waals surface area contributed by atoms with E-state index in [1.165, 1.54) is 90.7 Å². The number of hydrogen-bond acceptors (Lipinski definition) is 0. The van der Waals surface area contributed by atoms with Crippen LogP contribution in [0, 0.1) is 0 Å². The molecule has 2 heterocycles. The van der Waals surface area contributed by atoms with Crippen LogP contribution in [0.1, 0.15) is 105 Å². The summed E-state index contributed by atoms with van der Waals surface area (Å²) >= 11 is 0. The van der Waals surface area contributed by atoms with E-state index in [4.69, 9.17) is 0 Å². The molecule has 2 aliphatic carbocycles. The Hall–Kier alpha value is -3.13. The molecule has 4 aromatic rings. The van der Waals surface area contributed by atoms with Gasteiger partial charge in [0, 0.05) is 16.7 Å². The van der Waals surface area contributed by atoms with Gasteiger partial charge in [0.15, 0.2) is 0 Å². The van der Waals surface area contributed by atoms with E-state index in [0.717, 1.165) is 6.54 Å². The lowest BCUT2D eigenvalue weighted by Gasteiger charge is -2.22. The summed E-state index contributed by atoms with van der Waals surface area (Å²) < 4.78 is 5.04. The van der Waals surface area contributed by atoms with Crippen molar-refractivity contribution in [3.05, 3.63) is 95.3 Å². The van der Waals surface area contributed by atoms with Crippen LogP contribution >= 0.6 is 0 Å². The SMILES string of the molecule is CC(C)c1ccc(-c2cc(C3CCCC3)c(-n3cc[n+]4c3-c3ccccc3C4)c(C3CCCC3)c2)cc1. The van der Waals surface area contributed by atoms with Crippen LogP contribution in [0.3, 0.4) is 0 Å². The van der Waals surface area contributed by atoms with Crippen molar-refractivity contribution < 1.29 is 4.57 Å². The van der Waals surface area contributed by atoms with Crippen molar-refractivity contribution in [3.63, 3.8) is 0 Å². The summed E-state index contributed by atoms with van der Waals surface area (Å²) in [7, 11) is 0. The Balaban J connectivity index is 1.46. The topological polar surface area (TPSA) is 8.81 Å². The normalized spacial score (nSPS) is 17.6. The van der Waals surface area contributed by atoms with E-state index in [-0.39, 0.29) is 0 Å². The lowest BCUT2D eigenvalue weighted by molar-refractivity contribution is -0.671. The Labute approximate surface area is 222 Å². The molecular formula is C35H39N2+. The Morgan fingerprint density at radius 3 is 2.00 bits per heavy atom. The first-order valence-corrected chi connectivity index (χ1v) is 14.6. The number of imidazole rings is 1. The number of rotatable bonds is 5. The molecule has 0 unspecified atom stereocenters. The molecule has 3 aliphatic rings. The molecule has 0 bridgehead atoms. The molecule has 7 rings (SSSR count). The fourth-order valence-electron chi connectivity index (χ4n) is 7.36. The maximum Gasteiger partial charge on any atom is 0.294 e. The zero-order valence-electron chi connectivity index (χ0n) is 22.4. The Bertz CT molecular complexity index is 1390. The highest BCUT2D eigenvalue weighted by atomic mass is 15.2. The van der Waals surface area contributed by atoms with Crippen molar-refractivity contribution in [1.82, 2.24) is 4.57 Å². The highest BCUT2D eigenvalue weighted by Gasteiger charge is 2.35. The maximum atomic E-state index is 2.58. The Morgan fingerprint density at radius 2 is 1.38 bits per heavy atom. The average molecular weight is 488 g/mol. The largest absolute Gasteiger partial charge is 0.294 e. The molecule has 2 nitrogen and oxygen atoms in total. The van der Waals surface area contributed by atoms with Crippen molar-refractivity contribution in [1.29, 1.82) is 0 Å². The van der Waals surface area contributed by atoms with E-state index in [0.29, 0.717) is 17.8 Å². The van der Waals surface area contributed by atoms with Gasteiger partial charge in [0.05, 0.1) is 5.56 Å². The predicted molar refractivity (Wildman–Crippen MR) is 152 cm³/mol. The summed E-state index contributed by atoms with van der Waals surface area (Å²) in [5.41, 5.74) is 11.7. The number of benzene rings is 3. The predicted octanol–water partition coefficient (Wildman–Crippen LogP) is 8.90. The van der Waals surface area contributed by atoms with E-state index in [1.54, 1.807) is 11.1 Å². The summed E-state index contributed by atoms with van der Waals surface area (Å²) in [4.78, 5) is 0. The van der Waals surface area contributed by atoms with E-state index in [1.807, 2.05) is 0 Å².